The number of rotatable bonds is 7. The summed E-state index contributed by atoms with van der Waals surface area (Å²) >= 11 is 0. The van der Waals surface area contributed by atoms with Crippen LogP contribution >= 0.6 is 0 Å². The summed E-state index contributed by atoms with van der Waals surface area (Å²) in [7, 11) is 1.74. The maximum Gasteiger partial charge on any atom is 0.0587 e. The van der Waals surface area contributed by atoms with Crippen molar-refractivity contribution >= 4 is 0 Å². The molecule has 0 radical (unpaired) electrons. The molecule has 16 heavy (non-hydrogen) atoms. The molecule has 96 valence electrons. The van der Waals surface area contributed by atoms with Crippen LogP contribution in [0.1, 0.15) is 20.3 Å². The van der Waals surface area contributed by atoms with E-state index in [4.69, 9.17) is 4.74 Å². The third-order valence-corrected chi connectivity index (χ3v) is 3.44. The van der Waals surface area contributed by atoms with Crippen molar-refractivity contribution in [1.29, 1.82) is 0 Å². The highest BCUT2D eigenvalue weighted by molar-refractivity contribution is 4.75. The van der Waals surface area contributed by atoms with Gasteiger partial charge in [-0.3, -0.25) is 9.80 Å². The first kappa shape index (κ1) is 13.9. The normalized spacial score (nSPS) is 21.2. The lowest BCUT2D eigenvalue weighted by Crippen LogP contribution is -2.51. The molecule has 0 aromatic heterocycles. The molecule has 1 atom stereocenters. The predicted molar refractivity (Wildman–Crippen MR) is 67.6 cm³/mol. The molecule has 4 nitrogen and oxygen atoms in total. The van der Waals surface area contributed by atoms with Gasteiger partial charge in [-0.05, 0) is 13.3 Å². The van der Waals surface area contributed by atoms with Gasteiger partial charge in [0.2, 0.25) is 0 Å². The van der Waals surface area contributed by atoms with Crippen LogP contribution in [0.4, 0.5) is 0 Å². The van der Waals surface area contributed by atoms with Crippen LogP contribution in [0.25, 0.3) is 0 Å². The number of hydrogen-bond donors (Lipinski definition) is 1. The molecule has 0 aromatic rings. The van der Waals surface area contributed by atoms with Gasteiger partial charge in [-0.1, -0.05) is 6.92 Å². The van der Waals surface area contributed by atoms with E-state index >= 15 is 0 Å². The van der Waals surface area contributed by atoms with Crippen molar-refractivity contribution in [1.82, 2.24) is 15.1 Å². The monoisotopic (exact) mass is 229 g/mol. The standard InChI is InChI=1S/C12H27N3O/c1-4-12(2)15-8-6-14(7-9-15)11-13-5-10-16-3/h12-13H,4-11H2,1-3H3. The molecule has 4 heteroatoms. The maximum atomic E-state index is 5.01. The lowest BCUT2D eigenvalue weighted by molar-refractivity contribution is 0.0929. The van der Waals surface area contributed by atoms with Crippen LogP contribution in [-0.4, -0.2) is 69.0 Å². The molecule has 0 amide bonds. The fourth-order valence-corrected chi connectivity index (χ4v) is 2.03. The van der Waals surface area contributed by atoms with Gasteiger partial charge >= 0.3 is 0 Å². The van der Waals surface area contributed by atoms with Crippen LogP contribution in [0, 0.1) is 0 Å². The average Bonchev–Trinajstić information content (AvgIpc) is 2.34. The van der Waals surface area contributed by atoms with Crippen molar-refractivity contribution in [3.8, 4) is 0 Å². The Kier molecular flexibility index (Phi) is 6.96. The topological polar surface area (TPSA) is 27.7 Å². The molecule has 0 spiro atoms. The molecule has 1 fully saturated rings. The lowest BCUT2D eigenvalue weighted by atomic mass is 10.2. The van der Waals surface area contributed by atoms with Crippen LogP contribution in [0.2, 0.25) is 0 Å². The van der Waals surface area contributed by atoms with E-state index in [1.807, 2.05) is 0 Å². The summed E-state index contributed by atoms with van der Waals surface area (Å²) in [6.45, 7) is 12.1. The smallest absolute Gasteiger partial charge is 0.0587 e. The zero-order valence-corrected chi connectivity index (χ0v) is 11.0. The van der Waals surface area contributed by atoms with E-state index in [1.165, 1.54) is 32.6 Å². The predicted octanol–water partition coefficient (Wildman–Crippen LogP) is 0.596. The van der Waals surface area contributed by atoms with Gasteiger partial charge in [-0.2, -0.15) is 0 Å². The van der Waals surface area contributed by atoms with Crippen molar-refractivity contribution in [3.63, 3.8) is 0 Å². The SMILES string of the molecule is CCC(C)N1CCN(CNCCOC)CC1. The number of hydrogen-bond acceptors (Lipinski definition) is 4. The Morgan fingerprint density at radius 1 is 1.25 bits per heavy atom. The van der Waals surface area contributed by atoms with Crippen molar-refractivity contribution in [2.45, 2.75) is 26.3 Å². The molecule has 0 aromatic carbocycles. The Labute approximate surface area is 99.9 Å². The molecule has 1 aliphatic heterocycles. The van der Waals surface area contributed by atoms with Gasteiger partial charge in [0.25, 0.3) is 0 Å². The summed E-state index contributed by atoms with van der Waals surface area (Å²) in [5, 5.41) is 3.40. The van der Waals surface area contributed by atoms with Gasteiger partial charge in [0.1, 0.15) is 0 Å². The highest BCUT2D eigenvalue weighted by Crippen LogP contribution is 2.07. The molecular formula is C12H27N3O. The first-order valence-electron chi connectivity index (χ1n) is 6.44. The third-order valence-electron chi connectivity index (χ3n) is 3.44. The minimum Gasteiger partial charge on any atom is -0.383 e. The number of piperazine rings is 1. The summed E-state index contributed by atoms with van der Waals surface area (Å²) in [6, 6.07) is 0.739. The molecule has 0 aliphatic carbocycles. The molecule has 0 bridgehead atoms. The summed E-state index contributed by atoms with van der Waals surface area (Å²) in [4.78, 5) is 5.07. The van der Waals surface area contributed by atoms with Crippen LogP contribution in [0.3, 0.4) is 0 Å². The van der Waals surface area contributed by atoms with Gasteiger partial charge in [0.15, 0.2) is 0 Å². The highest BCUT2D eigenvalue weighted by Gasteiger charge is 2.19. The molecule has 1 aliphatic rings. The van der Waals surface area contributed by atoms with Crippen LogP contribution in [0.15, 0.2) is 0 Å². The molecule has 1 N–H and O–H groups in total. The molecular weight excluding hydrogens is 202 g/mol. The Bertz CT molecular complexity index is 170. The van der Waals surface area contributed by atoms with E-state index in [0.29, 0.717) is 0 Å². The van der Waals surface area contributed by atoms with Crippen LogP contribution in [0.5, 0.6) is 0 Å². The average molecular weight is 229 g/mol. The van der Waals surface area contributed by atoms with Crippen molar-refractivity contribution in [2.75, 3.05) is 53.1 Å². The minimum atomic E-state index is 0.739. The van der Waals surface area contributed by atoms with E-state index in [-0.39, 0.29) is 0 Å². The van der Waals surface area contributed by atoms with Gasteiger partial charge < -0.3 is 10.1 Å². The fraction of sp³-hybridized carbons (Fsp3) is 1.00. The lowest BCUT2D eigenvalue weighted by Gasteiger charge is -2.37. The van der Waals surface area contributed by atoms with Crippen molar-refractivity contribution < 1.29 is 4.74 Å². The molecule has 1 saturated heterocycles. The van der Waals surface area contributed by atoms with Gasteiger partial charge in [-0.25, -0.2) is 0 Å². The van der Waals surface area contributed by atoms with E-state index in [9.17, 15) is 0 Å². The van der Waals surface area contributed by atoms with Crippen molar-refractivity contribution in [3.05, 3.63) is 0 Å². The van der Waals surface area contributed by atoms with Crippen LogP contribution in [-0.2, 0) is 4.74 Å². The maximum absolute atomic E-state index is 5.01. The first-order valence-corrected chi connectivity index (χ1v) is 6.44. The molecule has 1 heterocycles. The quantitative estimate of drug-likeness (QED) is 0.647. The Morgan fingerprint density at radius 2 is 1.94 bits per heavy atom. The van der Waals surface area contributed by atoms with Gasteiger partial charge in [-0.15, -0.1) is 0 Å². The van der Waals surface area contributed by atoms with E-state index in [0.717, 1.165) is 25.9 Å². The number of nitrogens with one attached hydrogen (secondary N) is 1. The minimum absolute atomic E-state index is 0.739. The van der Waals surface area contributed by atoms with E-state index in [1.54, 1.807) is 7.11 Å². The highest BCUT2D eigenvalue weighted by atomic mass is 16.5. The Hall–Kier alpha value is -0.160. The summed E-state index contributed by atoms with van der Waals surface area (Å²) in [6.07, 6.45) is 1.26. The zero-order valence-electron chi connectivity index (χ0n) is 11.0. The zero-order chi connectivity index (χ0) is 11.8. The summed E-state index contributed by atoms with van der Waals surface area (Å²) < 4.78 is 5.01. The van der Waals surface area contributed by atoms with Crippen LogP contribution < -0.4 is 5.32 Å². The second kappa shape index (κ2) is 8.01. The van der Waals surface area contributed by atoms with Gasteiger partial charge in [0, 0.05) is 52.5 Å². The Balaban J connectivity index is 2.07. The van der Waals surface area contributed by atoms with E-state index in [2.05, 4.69) is 29.0 Å². The second-order valence-corrected chi connectivity index (χ2v) is 4.56. The number of nitrogens with zero attached hydrogens (tertiary/aromatic N) is 2. The number of ether oxygens (including phenoxy) is 1. The van der Waals surface area contributed by atoms with E-state index < -0.39 is 0 Å². The summed E-state index contributed by atoms with van der Waals surface area (Å²) in [5.74, 6) is 0. The first-order chi connectivity index (χ1) is 7.77. The summed E-state index contributed by atoms with van der Waals surface area (Å²) in [5.41, 5.74) is 0. The van der Waals surface area contributed by atoms with Crippen molar-refractivity contribution in [2.24, 2.45) is 0 Å². The molecule has 1 unspecified atom stereocenters. The third kappa shape index (κ3) is 4.78. The number of methoxy groups -OCH3 is 1. The molecule has 1 rings (SSSR count). The second-order valence-electron chi connectivity index (χ2n) is 4.56. The fourth-order valence-electron chi connectivity index (χ4n) is 2.03. The largest absolute Gasteiger partial charge is 0.383 e. The Morgan fingerprint density at radius 3 is 2.50 bits per heavy atom. The molecule has 0 saturated carbocycles. The van der Waals surface area contributed by atoms with Gasteiger partial charge in [0.05, 0.1) is 6.61 Å².